The van der Waals surface area contributed by atoms with Crippen LogP contribution in [0.2, 0.25) is 8.67 Å². The summed E-state index contributed by atoms with van der Waals surface area (Å²) >= 11 is 14.1. The number of hydrogen-bond donors (Lipinski definition) is 4. The van der Waals surface area contributed by atoms with Gasteiger partial charge in [-0.25, -0.2) is 9.59 Å². The number of halogens is 2. The first-order chi connectivity index (χ1) is 30.4. The molecule has 2 fully saturated rings. The maximum Gasteiger partial charge on any atom is 0.414 e. The smallest absolute Gasteiger partial charge is 0.414 e. The van der Waals surface area contributed by atoms with Crippen LogP contribution in [0.3, 0.4) is 0 Å². The van der Waals surface area contributed by atoms with Crippen molar-refractivity contribution >= 4 is 104 Å². The molecule has 3 aliphatic rings. The summed E-state index contributed by atoms with van der Waals surface area (Å²) in [7, 11) is 4.62. The molecule has 5 heterocycles. The molecule has 3 aliphatic heterocycles. The highest BCUT2D eigenvalue weighted by molar-refractivity contribution is 7.18. The topological polar surface area (TPSA) is 196 Å². The van der Waals surface area contributed by atoms with Crippen molar-refractivity contribution in [2.75, 3.05) is 100 Å². The van der Waals surface area contributed by atoms with E-state index in [-0.39, 0.29) is 43.5 Å². The average molecular weight is 946 g/mol. The van der Waals surface area contributed by atoms with Crippen molar-refractivity contribution in [2.24, 2.45) is 4.99 Å². The number of rotatable bonds is 16. The Morgan fingerprint density at radius 1 is 0.762 bits per heavy atom. The van der Waals surface area contributed by atoms with Gasteiger partial charge in [0.05, 0.1) is 58.3 Å². The molecule has 63 heavy (non-hydrogen) atoms. The van der Waals surface area contributed by atoms with Gasteiger partial charge in [0.25, 0.3) is 11.8 Å². The van der Waals surface area contributed by atoms with Crippen LogP contribution in [0.1, 0.15) is 32.7 Å². The number of amides is 4. The van der Waals surface area contributed by atoms with Gasteiger partial charge in [-0.15, -0.1) is 22.7 Å². The Morgan fingerprint density at radius 3 is 1.67 bits per heavy atom. The van der Waals surface area contributed by atoms with E-state index in [1.165, 1.54) is 36.9 Å². The molecule has 4 N–H and O–H groups in total. The number of carbonyl (C=O) groups excluding carboxylic acids is 4. The lowest BCUT2D eigenvalue weighted by atomic mass is 10.2. The van der Waals surface area contributed by atoms with E-state index in [1.54, 1.807) is 41.2 Å². The summed E-state index contributed by atoms with van der Waals surface area (Å²) in [5, 5.41) is 15.6. The molecule has 4 amide bonds. The monoisotopic (exact) mass is 944 g/mol. The predicted octanol–water partition coefficient (Wildman–Crippen LogP) is 7.26. The summed E-state index contributed by atoms with van der Waals surface area (Å²) < 4.78 is 26.1. The number of hydrogen-bond acceptors (Lipinski definition) is 15. The molecule has 2 aromatic carbocycles. The van der Waals surface area contributed by atoms with E-state index in [0.29, 0.717) is 38.1 Å². The summed E-state index contributed by atoms with van der Waals surface area (Å²) in [6.07, 6.45) is -0.595. The van der Waals surface area contributed by atoms with Crippen molar-refractivity contribution in [3.05, 3.63) is 91.2 Å². The van der Waals surface area contributed by atoms with Crippen molar-refractivity contribution < 1.29 is 42.9 Å². The van der Waals surface area contributed by atoms with Crippen LogP contribution in [-0.4, -0.2) is 128 Å². The lowest BCUT2D eigenvalue weighted by Crippen LogP contribution is -2.34. The number of cyclic esters (lactones) is 2. The fourth-order valence-corrected chi connectivity index (χ4v) is 8.11. The quantitative estimate of drug-likeness (QED) is 0.0652. The summed E-state index contributed by atoms with van der Waals surface area (Å²) in [6.45, 7) is 6.53. The van der Waals surface area contributed by atoms with Crippen LogP contribution in [0.25, 0.3) is 0 Å². The highest BCUT2D eigenvalue weighted by Crippen LogP contribution is 2.28. The minimum atomic E-state index is -0.427. The average Bonchev–Trinajstić information content (AvgIpc) is 4.15. The van der Waals surface area contributed by atoms with Crippen LogP contribution in [0.5, 0.6) is 0 Å². The largest absolute Gasteiger partial charge is 0.483 e. The zero-order valence-corrected chi connectivity index (χ0v) is 38.3. The molecule has 0 spiro atoms. The SMILES string of the molecule is CCCNc1ccc(N2C[C@H](CNC(=O)c3ccc(Cl)s3)OC2=O)cc1.COCC(=N)OC.COCC1=NCCN1c1ccc(N2C[C@H](CNC(=O)c3ccc(Cl)s3)OC2=O)cc1. The van der Waals surface area contributed by atoms with Gasteiger partial charge in [0.15, 0.2) is 0 Å². The van der Waals surface area contributed by atoms with Gasteiger partial charge in [-0.2, -0.15) is 0 Å². The first kappa shape index (κ1) is 48.6. The molecule has 4 aromatic rings. The van der Waals surface area contributed by atoms with Gasteiger partial charge >= 0.3 is 12.2 Å². The number of aliphatic imine (C=N–C) groups is 1. The minimum Gasteiger partial charge on any atom is -0.483 e. The van der Waals surface area contributed by atoms with E-state index >= 15 is 0 Å². The van der Waals surface area contributed by atoms with Crippen molar-refractivity contribution in [3.63, 3.8) is 0 Å². The molecule has 7 rings (SSSR count). The van der Waals surface area contributed by atoms with Crippen molar-refractivity contribution in [2.45, 2.75) is 25.6 Å². The fraction of sp³-hybridized carbons (Fsp3) is 0.381. The molecule has 17 nitrogen and oxygen atoms in total. The Kier molecular flexibility index (Phi) is 18.8. The maximum absolute atomic E-state index is 12.3. The predicted molar refractivity (Wildman–Crippen MR) is 248 cm³/mol. The number of nitrogens with zero attached hydrogens (tertiary/aromatic N) is 4. The van der Waals surface area contributed by atoms with E-state index in [9.17, 15) is 19.2 Å². The molecule has 0 unspecified atom stereocenters. The molecule has 0 saturated carbocycles. The number of nitrogens with one attached hydrogen (secondary N) is 4. The summed E-state index contributed by atoms with van der Waals surface area (Å²) in [5.74, 6) is 0.601. The fourth-order valence-electron chi connectivity index (χ4n) is 6.19. The zero-order chi connectivity index (χ0) is 45.3. The third kappa shape index (κ3) is 14.3. The van der Waals surface area contributed by atoms with E-state index in [2.05, 4.69) is 42.2 Å². The van der Waals surface area contributed by atoms with Crippen molar-refractivity contribution in [3.8, 4) is 0 Å². The van der Waals surface area contributed by atoms with E-state index < -0.39 is 18.3 Å². The Labute approximate surface area is 383 Å². The van der Waals surface area contributed by atoms with Gasteiger partial charge in [-0.05, 0) is 79.2 Å². The number of benzene rings is 2. The molecule has 2 atom stereocenters. The van der Waals surface area contributed by atoms with Crippen LogP contribution in [0.4, 0.5) is 32.3 Å². The van der Waals surface area contributed by atoms with Crippen LogP contribution < -0.4 is 30.7 Å². The van der Waals surface area contributed by atoms with Crippen molar-refractivity contribution in [1.82, 2.24) is 10.6 Å². The Bertz CT molecular complexity index is 2190. The number of amidine groups is 1. The van der Waals surface area contributed by atoms with Gasteiger partial charge in [0.2, 0.25) is 5.90 Å². The van der Waals surface area contributed by atoms with Gasteiger partial charge in [-0.1, -0.05) is 30.1 Å². The van der Waals surface area contributed by atoms with Crippen LogP contribution in [0.15, 0.2) is 77.8 Å². The Hall–Kier alpha value is -5.44. The van der Waals surface area contributed by atoms with Gasteiger partial charge in [0, 0.05) is 50.1 Å². The molecule has 0 aliphatic carbocycles. The van der Waals surface area contributed by atoms with Crippen LogP contribution >= 0.6 is 45.9 Å². The number of ether oxygens (including phenoxy) is 5. The number of anilines is 4. The molecule has 2 saturated heterocycles. The lowest BCUT2D eigenvalue weighted by molar-refractivity contribution is 0.0915. The zero-order valence-electron chi connectivity index (χ0n) is 35.2. The summed E-state index contributed by atoms with van der Waals surface area (Å²) in [4.78, 5) is 59.4. The van der Waals surface area contributed by atoms with Gasteiger partial charge in [-0.3, -0.25) is 29.8 Å². The van der Waals surface area contributed by atoms with E-state index in [1.807, 2.05) is 48.5 Å². The summed E-state index contributed by atoms with van der Waals surface area (Å²) in [5.41, 5.74) is 3.53. The molecular weight excluding hydrogens is 896 g/mol. The maximum atomic E-state index is 12.3. The van der Waals surface area contributed by atoms with E-state index in [4.69, 9.17) is 42.8 Å². The third-order valence-corrected chi connectivity index (χ3v) is 11.7. The standard InChI is InChI=1S/C20H21ClN4O4S.C18H20ClN3O3S.C4H9NO2/c1-28-12-18-22-8-9-24(18)13-2-4-14(5-3-13)25-11-15(29-20(25)27)10-23-19(26)16-6-7-17(21)30-16;1-2-9-20-12-3-5-13(6-4-12)22-11-14(25-18(22)24)10-21-17(23)15-7-8-16(19)26-15;1-6-3-4(5)7-2/h2-7,15H,8-12H2,1H3,(H,23,26);3-8,14,20H,2,9-11H2,1H3,(H,21,23);5H,3H2,1-2H3/t15-;14-;/m00./s1. The van der Waals surface area contributed by atoms with Crippen LogP contribution in [0, 0.1) is 5.41 Å². The normalized spacial score (nSPS) is 16.5. The van der Waals surface area contributed by atoms with Crippen molar-refractivity contribution in [1.29, 1.82) is 5.41 Å². The van der Waals surface area contributed by atoms with Gasteiger partial charge < -0.3 is 44.5 Å². The first-order valence-electron chi connectivity index (χ1n) is 19.8. The second-order valence-corrected chi connectivity index (χ2v) is 17.2. The highest BCUT2D eigenvalue weighted by atomic mass is 35.5. The molecular formula is C42H50Cl2N8O9S2. The molecule has 338 valence electrons. The second kappa shape index (κ2) is 24.4. The number of thiophene rings is 2. The minimum absolute atomic E-state index is 0.155. The second-order valence-electron chi connectivity index (χ2n) is 13.8. The Balaban J connectivity index is 0.000000208. The first-order valence-corrected chi connectivity index (χ1v) is 22.2. The molecule has 0 radical (unpaired) electrons. The highest BCUT2D eigenvalue weighted by Gasteiger charge is 2.34. The molecule has 0 bridgehead atoms. The number of methoxy groups -OCH3 is 3. The summed E-state index contributed by atoms with van der Waals surface area (Å²) in [6, 6.07) is 22.0. The van der Waals surface area contributed by atoms with Gasteiger partial charge in [0.1, 0.15) is 31.3 Å². The molecule has 2 aromatic heterocycles. The van der Waals surface area contributed by atoms with E-state index in [0.717, 1.165) is 54.6 Å². The third-order valence-electron chi connectivity index (χ3n) is 9.28. The Morgan fingerprint density at radius 2 is 1.25 bits per heavy atom. The molecule has 21 heteroatoms. The lowest BCUT2D eigenvalue weighted by Gasteiger charge is -2.21. The van der Waals surface area contributed by atoms with Crippen LogP contribution in [-0.2, 0) is 23.7 Å². The number of carbonyl (C=O) groups is 4.